The summed E-state index contributed by atoms with van der Waals surface area (Å²) in [6.07, 6.45) is 4.14. The SMILES string of the molecule is CNC[C@H](C)[C@@H]1CCCCN1. The number of hydrogen-bond donors (Lipinski definition) is 2. The highest BCUT2D eigenvalue weighted by Gasteiger charge is 2.17. The quantitative estimate of drug-likeness (QED) is 0.636. The molecule has 1 aliphatic heterocycles. The summed E-state index contributed by atoms with van der Waals surface area (Å²) in [7, 11) is 2.03. The maximum atomic E-state index is 3.56. The van der Waals surface area contributed by atoms with E-state index in [-0.39, 0.29) is 0 Å². The second-order valence-electron chi connectivity index (χ2n) is 3.59. The first-order valence-corrected chi connectivity index (χ1v) is 4.72. The Morgan fingerprint density at radius 2 is 2.36 bits per heavy atom. The molecular formula is C9H20N2. The molecule has 2 atom stereocenters. The molecular weight excluding hydrogens is 136 g/mol. The number of rotatable bonds is 3. The second kappa shape index (κ2) is 4.73. The zero-order valence-electron chi connectivity index (χ0n) is 7.69. The third kappa shape index (κ3) is 2.80. The highest BCUT2D eigenvalue weighted by molar-refractivity contribution is 4.77. The Bertz CT molecular complexity index is 97.7. The molecule has 0 amide bonds. The molecule has 0 aromatic heterocycles. The number of piperidine rings is 1. The zero-order chi connectivity index (χ0) is 8.10. The third-order valence-electron chi connectivity index (χ3n) is 2.56. The van der Waals surface area contributed by atoms with Crippen molar-refractivity contribution < 1.29 is 0 Å². The van der Waals surface area contributed by atoms with Crippen LogP contribution in [0.4, 0.5) is 0 Å². The van der Waals surface area contributed by atoms with Crippen molar-refractivity contribution in [2.24, 2.45) is 5.92 Å². The summed E-state index contributed by atoms with van der Waals surface area (Å²) in [4.78, 5) is 0. The van der Waals surface area contributed by atoms with Gasteiger partial charge in [-0.05, 0) is 38.9 Å². The fraction of sp³-hybridized carbons (Fsp3) is 1.00. The van der Waals surface area contributed by atoms with E-state index >= 15 is 0 Å². The topological polar surface area (TPSA) is 24.1 Å². The average molecular weight is 156 g/mol. The lowest BCUT2D eigenvalue weighted by atomic mass is 9.94. The Labute approximate surface area is 69.8 Å². The van der Waals surface area contributed by atoms with Gasteiger partial charge in [0.1, 0.15) is 0 Å². The van der Waals surface area contributed by atoms with Gasteiger partial charge >= 0.3 is 0 Å². The summed E-state index contributed by atoms with van der Waals surface area (Å²) in [6, 6.07) is 0.760. The Balaban J connectivity index is 2.21. The van der Waals surface area contributed by atoms with Crippen molar-refractivity contribution >= 4 is 0 Å². The first-order chi connectivity index (χ1) is 5.34. The zero-order valence-corrected chi connectivity index (χ0v) is 7.69. The number of hydrogen-bond acceptors (Lipinski definition) is 2. The van der Waals surface area contributed by atoms with Crippen LogP contribution >= 0.6 is 0 Å². The highest BCUT2D eigenvalue weighted by Crippen LogP contribution is 2.13. The molecule has 0 aliphatic carbocycles. The van der Waals surface area contributed by atoms with Crippen LogP contribution in [0.3, 0.4) is 0 Å². The lowest BCUT2D eigenvalue weighted by molar-refractivity contribution is 0.306. The second-order valence-corrected chi connectivity index (χ2v) is 3.59. The van der Waals surface area contributed by atoms with E-state index in [2.05, 4.69) is 17.6 Å². The molecule has 0 spiro atoms. The minimum absolute atomic E-state index is 0.760. The number of nitrogens with one attached hydrogen (secondary N) is 2. The molecule has 1 aliphatic rings. The molecule has 1 fully saturated rings. The summed E-state index contributed by atoms with van der Waals surface area (Å²) < 4.78 is 0. The van der Waals surface area contributed by atoms with E-state index in [1.54, 1.807) is 0 Å². The summed E-state index contributed by atoms with van der Waals surface area (Å²) in [6.45, 7) is 4.68. The minimum Gasteiger partial charge on any atom is -0.319 e. The first kappa shape index (κ1) is 9.01. The van der Waals surface area contributed by atoms with Crippen LogP contribution < -0.4 is 10.6 Å². The molecule has 0 radical (unpaired) electrons. The van der Waals surface area contributed by atoms with E-state index in [9.17, 15) is 0 Å². The lowest BCUT2D eigenvalue weighted by Gasteiger charge is -2.28. The normalized spacial score (nSPS) is 28.4. The van der Waals surface area contributed by atoms with Crippen LogP contribution in [0.15, 0.2) is 0 Å². The van der Waals surface area contributed by atoms with E-state index < -0.39 is 0 Å². The van der Waals surface area contributed by atoms with Crippen LogP contribution in [0.1, 0.15) is 26.2 Å². The van der Waals surface area contributed by atoms with Crippen molar-refractivity contribution in [3.8, 4) is 0 Å². The van der Waals surface area contributed by atoms with Crippen molar-refractivity contribution in [1.82, 2.24) is 10.6 Å². The third-order valence-corrected chi connectivity index (χ3v) is 2.56. The van der Waals surface area contributed by atoms with Crippen LogP contribution in [0.25, 0.3) is 0 Å². The lowest BCUT2D eigenvalue weighted by Crippen LogP contribution is -2.42. The Hall–Kier alpha value is -0.0800. The summed E-state index contributed by atoms with van der Waals surface area (Å²) in [5, 5.41) is 6.79. The van der Waals surface area contributed by atoms with Crippen molar-refractivity contribution in [1.29, 1.82) is 0 Å². The van der Waals surface area contributed by atoms with Gasteiger partial charge in [-0.25, -0.2) is 0 Å². The van der Waals surface area contributed by atoms with Crippen molar-refractivity contribution in [3.05, 3.63) is 0 Å². The Morgan fingerprint density at radius 1 is 1.55 bits per heavy atom. The van der Waals surface area contributed by atoms with E-state index in [0.29, 0.717) is 0 Å². The molecule has 1 heterocycles. The smallest absolute Gasteiger partial charge is 0.0105 e. The maximum Gasteiger partial charge on any atom is 0.0105 e. The van der Waals surface area contributed by atoms with Crippen molar-refractivity contribution in [2.75, 3.05) is 20.1 Å². The van der Waals surface area contributed by atoms with Gasteiger partial charge < -0.3 is 10.6 Å². The monoisotopic (exact) mass is 156 g/mol. The summed E-state index contributed by atoms with van der Waals surface area (Å²) >= 11 is 0. The van der Waals surface area contributed by atoms with E-state index in [0.717, 1.165) is 18.5 Å². The van der Waals surface area contributed by atoms with Crippen LogP contribution in [-0.2, 0) is 0 Å². The molecule has 0 aromatic carbocycles. The molecule has 0 saturated carbocycles. The average Bonchev–Trinajstić information content (AvgIpc) is 2.07. The molecule has 1 saturated heterocycles. The molecule has 2 nitrogen and oxygen atoms in total. The molecule has 2 N–H and O–H groups in total. The largest absolute Gasteiger partial charge is 0.319 e. The van der Waals surface area contributed by atoms with Gasteiger partial charge in [0.15, 0.2) is 0 Å². The fourth-order valence-corrected chi connectivity index (χ4v) is 1.83. The van der Waals surface area contributed by atoms with Crippen LogP contribution in [0, 0.1) is 5.92 Å². The van der Waals surface area contributed by atoms with Gasteiger partial charge in [0.25, 0.3) is 0 Å². The van der Waals surface area contributed by atoms with Gasteiger partial charge in [-0.3, -0.25) is 0 Å². The van der Waals surface area contributed by atoms with Crippen LogP contribution in [0.2, 0.25) is 0 Å². The molecule has 66 valence electrons. The van der Waals surface area contributed by atoms with Gasteiger partial charge in [-0.2, -0.15) is 0 Å². The molecule has 0 bridgehead atoms. The Morgan fingerprint density at radius 3 is 2.91 bits per heavy atom. The molecule has 11 heavy (non-hydrogen) atoms. The predicted molar refractivity (Wildman–Crippen MR) is 48.7 cm³/mol. The van der Waals surface area contributed by atoms with Crippen LogP contribution in [-0.4, -0.2) is 26.2 Å². The van der Waals surface area contributed by atoms with Gasteiger partial charge in [-0.15, -0.1) is 0 Å². The first-order valence-electron chi connectivity index (χ1n) is 4.72. The molecule has 1 rings (SSSR count). The minimum atomic E-state index is 0.760. The maximum absolute atomic E-state index is 3.56. The standard InChI is InChI=1S/C9H20N2/c1-8(7-10-2)9-5-3-4-6-11-9/h8-11H,3-7H2,1-2H3/t8-,9-/m0/s1. The summed E-state index contributed by atoms with van der Waals surface area (Å²) in [5.74, 6) is 0.778. The van der Waals surface area contributed by atoms with Gasteiger partial charge in [0.2, 0.25) is 0 Å². The van der Waals surface area contributed by atoms with Crippen molar-refractivity contribution in [3.63, 3.8) is 0 Å². The molecule has 2 heteroatoms. The molecule has 0 aromatic rings. The fourth-order valence-electron chi connectivity index (χ4n) is 1.83. The van der Waals surface area contributed by atoms with Gasteiger partial charge in [0, 0.05) is 6.04 Å². The Kier molecular flexibility index (Phi) is 3.87. The van der Waals surface area contributed by atoms with Crippen LogP contribution in [0.5, 0.6) is 0 Å². The van der Waals surface area contributed by atoms with Gasteiger partial charge in [0.05, 0.1) is 0 Å². The predicted octanol–water partition coefficient (Wildman–Crippen LogP) is 0.984. The van der Waals surface area contributed by atoms with E-state index in [1.165, 1.54) is 25.8 Å². The van der Waals surface area contributed by atoms with Crippen molar-refractivity contribution in [2.45, 2.75) is 32.2 Å². The van der Waals surface area contributed by atoms with E-state index in [4.69, 9.17) is 0 Å². The van der Waals surface area contributed by atoms with Gasteiger partial charge in [-0.1, -0.05) is 13.3 Å². The van der Waals surface area contributed by atoms with E-state index in [1.807, 2.05) is 7.05 Å². The highest BCUT2D eigenvalue weighted by atomic mass is 14.9. The molecule has 0 unspecified atom stereocenters. The summed E-state index contributed by atoms with van der Waals surface area (Å²) in [5.41, 5.74) is 0.